The second-order valence-corrected chi connectivity index (χ2v) is 10.3. The lowest BCUT2D eigenvalue weighted by atomic mass is 9.91. The summed E-state index contributed by atoms with van der Waals surface area (Å²) in [6, 6.07) is 0. The molecule has 178 valence electrons. The predicted molar refractivity (Wildman–Crippen MR) is 125 cm³/mol. The third-order valence-electron chi connectivity index (χ3n) is 4.63. The maximum atomic E-state index is 8.80. The molecule has 0 rings (SSSR count). The summed E-state index contributed by atoms with van der Waals surface area (Å²) in [7, 11) is 0. The summed E-state index contributed by atoms with van der Waals surface area (Å²) in [5.41, 5.74) is 0. The molecule has 2 unspecified atom stereocenters. The van der Waals surface area contributed by atoms with Crippen molar-refractivity contribution in [2.45, 2.75) is 107 Å². The van der Waals surface area contributed by atoms with E-state index in [4.69, 9.17) is 19.7 Å². The molecular formula is C25H54O4. The maximum absolute atomic E-state index is 8.80. The highest BCUT2D eigenvalue weighted by Gasteiger charge is 2.16. The van der Waals surface area contributed by atoms with Gasteiger partial charge in [-0.25, -0.2) is 0 Å². The lowest BCUT2D eigenvalue weighted by Gasteiger charge is -2.23. The molecule has 0 saturated heterocycles. The third-order valence-corrected chi connectivity index (χ3v) is 4.63. The maximum Gasteiger partial charge on any atom is 0.0701 e. The summed E-state index contributed by atoms with van der Waals surface area (Å²) in [6.45, 7) is 21.3. The van der Waals surface area contributed by atoms with Gasteiger partial charge in [0.1, 0.15) is 0 Å². The average Bonchev–Trinajstić information content (AvgIpc) is 2.55. The van der Waals surface area contributed by atoms with E-state index in [0.717, 1.165) is 31.6 Å². The van der Waals surface area contributed by atoms with E-state index < -0.39 is 0 Å². The number of hydrogen-bond acceptors (Lipinski definition) is 4. The zero-order valence-electron chi connectivity index (χ0n) is 21.1. The third kappa shape index (κ3) is 24.0. The van der Waals surface area contributed by atoms with Gasteiger partial charge in [0.05, 0.1) is 38.6 Å². The van der Waals surface area contributed by atoms with Crippen LogP contribution in [0.3, 0.4) is 0 Å². The smallest absolute Gasteiger partial charge is 0.0701 e. The average molecular weight is 419 g/mol. The predicted octanol–water partition coefficient (Wildman–Crippen LogP) is 5.94. The normalized spacial score (nSPS) is 14.1. The van der Waals surface area contributed by atoms with Gasteiger partial charge in [-0.05, 0) is 61.7 Å². The number of rotatable bonds is 16. The minimum Gasteiger partial charge on any atom is -0.394 e. The van der Waals surface area contributed by atoms with Crippen molar-refractivity contribution in [3.63, 3.8) is 0 Å². The number of aliphatic hydroxyl groups is 2. The summed E-state index contributed by atoms with van der Waals surface area (Å²) >= 11 is 0. The van der Waals surface area contributed by atoms with Crippen LogP contribution in [0.2, 0.25) is 0 Å². The molecule has 0 saturated carbocycles. The van der Waals surface area contributed by atoms with Gasteiger partial charge in [0.15, 0.2) is 0 Å². The summed E-state index contributed by atoms with van der Waals surface area (Å²) in [5.74, 6) is 3.47. The minimum absolute atomic E-state index is 0.132. The molecule has 29 heavy (non-hydrogen) atoms. The molecule has 2 N–H and O–H groups in total. The Labute approximate surface area is 182 Å². The van der Waals surface area contributed by atoms with Crippen molar-refractivity contribution in [2.24, 2.45) is 29.6 Å². The van der Waals surface area contributed by atoms with E-state index >= 15 is 0 Å². The molecule has 0 aromatic heterocycles. The van der Waals surface area contributed by atoms with Crippen molar-refractivity contribution < 1.29 is 19.7 Å². The van der Waals surface area contributed by atoms with Gasteiger partial charge in [0.2, 0.25) is 0 Å². The van der Waals surface area contributed by atoms with Gasteiger partial charge < -0.3 is 19.7 Å². The molecule has 0 spiro atoms. The Morgan fingerprint density at radius 1 is 0.483 bits per heavy atom. The van der Waals surface area contributed by atoms with Gasteiger partial charge in [0, 0.05) is 0 Å². The molecular weight excluding hydrogens is 364 g/mol. The zero-order valence-corrected chi connectivity index (χ0v) is 21.1. The highest BCUT2D eigenvalue weighted by Crippen LogP contribution is 2.21. The summed E-state index contributed by atoms with van der Waals surface area (Å²) in [4.78, 5) is 0. The van der Waals surface area contributed by atoms with Crippen LogP contribution < -0.4 is 0 Å². The standard InChI is InChI=1S/C14H30O2.C11H24O2/c1-11(2)8-13(5)10-14(9-12(3)4)16-7-6-15;1-9(2)7-11(8-10(3)4)13-6-5-12/h11-15H,6-10H2,1-5H3;9-12H,5-8H2,1-4H3. The van der Waals surface area contributed by atoms with Gasteiger partial charge in [-0.15, -0.1) is 0 Å². The molecule has 0 radical (unpaired) electrons. The first-order valence-electron chi connectivity index (χ1n) is 12.0. The molecule has 4 heteroatoms. The molecule has 0 aliphatic carbocycles. The Morgan fingerprint density at radius 2 is 0.793 bits per heavy atom. The van der Waals surface area contributed by atoms with Crippen molar-refractivity contribution in [1.29, 1.82) is 0 Å². The van der Waals surface area contributed by atoms with Crippen LogP contribution in [0.1, 0.15) is 94.4 Å². The van der Waals surface area contributed by atoms with Crippen LogP contribution in [-0.2, 0) is 9.47 Å². The molecule has 0 heterocycles. The molecule has 0 amide bonds. The molecule has 0 bridgehead atoms. The van der Waals surface area contributed by atoms with E-state index in [-0.39, 0.29) is 13.2 Å². The van der Waals surface area contributed by atoms with E-state index in [1.807, 2.05) is 0 Å². The van der Waals surface area contributed by atoms with Gasteiger partial charge in [0.25, 0.3) is 0 Å². The Kier molecular flexibility index (Phi) is 21.2. The zero-order chi connectivity index (χ0) is 22.8. The van der Waals surface area contributed by atoms with Crippen molar-refractivity contribution in [2.75, 3.05) is 26.4 Å². The van der Waals surface area contributed by atoms with Crippen molar-refractivity contribution in [3.05, 3.63) is 0 Å². The van der Waals surface area contributed by atoms with Gasteiger partial charge in [-0.2, -0.15) is 0 Å². The fraction of sp³-hybridized carbons (Fsp3) is 1.00. The van der Waals surface area contributed by atoms with Gasteiger partial charge in [-0.1, -0.05) is 62.3 Å². The SMILES string of the molecule is CC(C)CC(C)CC(CC(C)C)OCCO.CC(C)CC(CC(C)C)OCCO. The number of aliphatic hydroxyl groups excluding tert-OH is 2. The van der Waals surface area contributed by atoms with Crippen LogP contribution in [0.5, 0.6) is 0 Å². The van der Waals surface area contributed by atoms with Crippen LogP contribution in [0.4, 0.5) is 0 Å². The first-order chi connectivity index (χ1) is 13.5. The van der Waals surface area contributed by atoms with E-state index in [0.29, 0.717) is 49.1 Å². The highest BCUT2D eigenvalue weighted by atomic mass is 16.5. The van der Waals surface area contributed by atoms with Crippen LogP contribution in [0.15, 0.2) is 0 Å². The molecule has 0 aliphatic heterocycles. The molecule has 0 fully saturated rings. The van der Waals surface area contributed by atoms with Crippen LogP contribution >= 0.6 is 0 Å². The van der Waals surface area contributed by atoms with Gasteiger partial charge >= 0.3 is 0 Å². The Bertz CT molecular complexity index is 319. The Hall–Kier alpha value is -0.160. The lowest BCUT2D eigenvalue weighted by Crippen LogP contribution is -2.21. The quantitative estimate of drug-likeness (QED) is 0.326. The Balaban J connectivity index is 0. The van der Waals surface area contributed by atoms with Crippen molar-refractivity contribution in [1.82, 2.24) is 0 Å². The molecule has 0 aliphatic rings. The van der Waals surface area contributed by atoms with Gasteiger partial charge in [-0.3, -0.25) is 0 Å². The first kappa shape index (κ1) is 31.0. The summed E-state index contributed by atoms with van der Waals surface area (Å²) in [5, 5.41) is 17.5. The number of hydrogen-bond donors (Lipinski definition) is 2. The minimum atomic E-state index is 0.132. The topological polar surface area (TPSA) is 58.9 Å². The van der Waals surface area contributed by atoms with Crippen LogP contribution in [-0.4, -0.2) is 48.8 Å². The second-order valence-electron chi connectivity index (χ2n) is 10.3. The Morgan fingerprint density at radius 3 is 1.07 bits per heavy atom. The largest absolute Gasteiger partial charge is 0.394 e. The van der Waals surface area contributed by atoms with Crippen LogP contribution in [0.25, 0.3) is 0 Å². The first-order valence-corrected chi connectivity index (χ1v) is 12.0. The van der Waals surface area contributed by atoms with Crippen LogP contribution in [0, 0.1) is 29.6 Å². The second kappa shape index (κ2) is 19.8. The fourth-order valence-corrected chi connectivity index (χ4v) is 3.83. The number of ether oxygens (including phenoxy) is 2. The summed E-state index contributed by atoms with van der Waals surface area (Å²) < 4.78 is 11.3. The van der Waals surface area contributed by atoms with E-state index in [1.165, 1.54) is 6.42 Å². The summed E-state index contributed by atoms with van der Waals surface area (Å²) in [6.07, 6.45) is 6.32. The van der Waals surface area contributed by atoms with Crippen molar-refractivity contribution >= 4 is 0 Å². The molecule has 0 aromatic carbocycles. The van der Waals surface area contributed by atoms with E-state index in [9.17, 15) is 0 Å². The lowest BCUT2D eigenvalue weighted by molar-refractivity contribution is 0.00389. The molecule has 0 aromatic rings. The van der Waals surface area contributed by atoms with E-state index in [1.54, 1.807) is 0 Å². The molecule has 4 nitrogen and oxygen atoms in total. The highest BCUT2D eigenvalue weighted by molar-refractivity contribution is 4.67. The van der Waals surface area contributed by atoms with Crippen molar-refractivity contribution in [3.8, 4) is 0 Å². The van der Waals surface area contributed by atoms with E-state index in [2.05, 4.69) is 62.3 Å². The fourth-order valence-electron chi connectivity index (χ4n) is 3.83. The monoisotopic (exact) mass is 418 g/mol. The molecule has 2 atom stereocenters.